The Balaban J connectivity index is 2.82. The standard InChI is InChI=1S/C9H9N3O2/c1-12-7-4-5(8(10)13)2-3-6(7)11-9(12)14/h2-4H,1H3,(H2,10,13)(H,11,14). The topological polar surface area (TPSA) is 80.9 Å². The molecule has 14 heavy (non-hydrogen) atoms. The SMILES string of the molecule is Cn1c(=O)[nH]c2ccc(C(N)=O)cc21. The van der Waals surface area contributed by atoms with Gasteiger partial charge in [0.15, 0.2) is 0 Å². The van der Waals surface area contributed by atoms with Gasteiger partial charge in [-0.15, -0.1) is 0 Å². The molecule has 1 aromatic heterocycles. The van der Waals surface area contributed by atoms with E-state index in [0.717, 1.165) is 0 Å². The number of carbonyl (C=O) groups is 1. The summed E-state index contributed by atoms with van der Waals surface area (Å²) < 4.78 is 1.43. The summed E-state index contributed by atoms with van der Waals surface area (Å²) in [5.41, 5.74) is 6.68. The molecule has 0 radical (unpaired) electrons. The third-order valence-electron chi connectivity index (χ3n) is 2.19. The molecule has 5 heteroatoms. The maximum atomic E-state index is 11.2. The van der Waals surface area contributed by atoms with E-state index >= 15 is 0 Å². The Labute approximate surface area is 79.1 Å². The first-order valence-electron chi connectivity index (χ1n) is 4.08. The highest BCUT2D eigenvalue weighted by molar-refractivity contribution is 5.96. The Morgan fingerprint density at radius 2 is 2.21 bits per heavy atom. The predicted octanol–water partition coefficient (Wildman–Crippen LogP) is -0.0345. The highest BCUT2D eigenvalue weighted by Gasteiger charge is 2.06. The van der Waals surface area contributed by atoms with E-state index in [9.17, 15) is 9.59 Å². The van der Waals surface area contributed by atoms with Crippen LogP contribution in [0.1, 0.15) is 10.4 Å². The molecule has 1 amide bonds. The van der Waals surface area contributed by atoms with Gasteiger partial charge in [0.2, 0.25) is 5.91 Å². The van der Waals surface area contributed by atoms with E-state index in [-0.39, 0.29) is 5.69 Å². The zero-order chi connectivity index (χ0) is 10.3. The molecule has 2 aromatic rings. The van der Waals surface area contributed by atoms with E-state index in [0.29, 0.717) is 16.6 Å². The molecular weight excluding hydrogens is 182 g/mol. The van der Waals surface area contributed by atoms with Crippen molar-refractivity contribution in [3.63, 3.8) is 0 Å². The van der Waals surface area contributed by atoms with Gasteiger partial charge < -0.3 is 10.7 Å². The van der Waals surface area contributed by atoms with Crippen LogP contribution in [0.3, 0.4) is 0 Å². The molecule has 0 spiro atoms. The van der Waals surface area contributed by atoms with Gasteiger partial charge in [0.25, 0.3) is 0 Å². The first-order chi connectivity index (χ1) is 6.59. The number of nitrogens with two attached hydrogens (primary N) is 1. The molecule has 1 aromatic carbocycles. The number of nitrogens with one attached hydrogen (secondary N) is 1. The lowest BCUT2D eigenvalue weighted by Crippen LogP contribution is -2.13. The quantitative estimate of drug-likeness (QED) is 0.663. The van der Waals surface area contributed by atoms with Gasteiger partial charge in [-0.05, 0) is 18.2 Å². The maximum absolute atomic E-state index is 11.2. The van der Waals surface area contributed by atoms with Crippen LogP contribution in [-0.2, 0) is 7.05 Å². The van der Waals surface area contributed by atoms with Crippen molar-refractivity contribution < 1.29 is 4.79 Å². The number of hydrogen-bond acceptors (Lipinski definition) is 2. The first kappa shape index (κ1) is 8.55. The average molecular weight is 191 g/mol. The average Bonchev–Trinajstić information content (AvgIpc) is 2.43. The smallest absolute Gasteiger partial charge is 0.326 e. The molecule has 72 valence electrons. The Morgan fingerprint density at radius 3 is 2.86 bits per heavy atom. The Bertz CT molecular complexity index is 565. The monoisotopic (exact) mass is 191 g/mol. The number of aromatic nitrogens is 2. The molecule has 0 aliphatic rings. The second kappa shape index (κ2) is 2.73. The summed E-state index contributed by atoms with van der Waals surface area (Å²) in [7, 11) is 1.63. The predicted molar refractivity (Wildman–Crippen MR) is 52.1 cm³/mol. The second-order valence-corrected chi connectivity index (χ2v) is 3.09. The van der Waals surface area contributed by atoms with E-state index in [1.54, 1.807) is 25.2 Å². The van der Waals surface area contributed by atoms with Crippen LogP contribution in [0.15, 0.2) is 23.0 Å². The number of rotatable bonds is 1. The van der Waals surface area contributed by atoms with Crippen molar-refractivity contribution in [2.24, 2.45) is 12.8 Å². The van der Waals surface area contributed by atoms with E-state index in [4.69, 9.17) is 5.73 Å². The lowest BCUT2D eigenvalue weighted by atomic mass is 10.2. The minimum Gasteiger partial charge on any atom is -0.366 e. The van der Waals surface area contributed by atoms with Gasteiger partial charge in [0, 0.05) is 12.6 Å². The van der Waals surface area contributed by atoms with Gasteiger partial charge in [-0.2, -0.15) is 0 Å². The van der Waals surface area contributed by atoms with Gasteiger partial charge in [-0.25, -0.2) is 4.79 Å². The molecule has 0 fully saturated rings. The lowest BCUT2D eigenvalue weighted by molar-refractivity contribution is 0.100. The normalized spacial score (nSPS) is 10.6. The number of hydrogen-bond donors (Lipinski definition) is 2. The Morgan fingerprint density at radius 1 is 1.50 bits per heavy atom. The molecule has 5 nitrogen and oxygen atoms in total. The molecule has 0 aliphatic heterocycles. The van der Waals surface area contributed by atoms with Gasteiger partial charge in [0.1, 0.15) is 0 Å². The van der Waals surface area contributed by atoms with Crippen LogP contribution < -0.4 is 11.4 Å². The zero-order valence-electron chi connectivity index (χ0n) is 7.57. The van der Waals surface area contributed by atoms with Crippen LogP contribution in [-0.4, -0.2) is 15.5 Å². The lowest BCUT2D eigenvalue weighted by Gasteiger charge is -1.96. The summed E-state index contributed by atoms with van der Waals surface area (Å²) in [6.45, 7) is 0. The summed E-state index contributed by atoms with van der Waals surface area (Å²) in [6, 6.07) is 4.84. The highest BCUT2D eigenvalue weighted by Crippen LogP contribution is 2.11. The maximum Gasteiger partial charge on any atom is 0.326 e. The minimum atomic E-state index is -0.499. The van der Waals surface area contributed by atoms with Crippen LogP contribution in [0.4, 0.5) is 0 Å². The van der Waals surface area contributed by atoms with Gasteiger partial charge in [-0.3, -0.25) is 9.36 Å². The first-order valence-corrected chi connectivity index (χ1v) is 4.08. The van der Waals surface area contributed by atoms with Gasteiger partial charge >= 0.3 is 5.69 Å². The fraction of sp³-hybridized carbons (Fsp3) is 0.111. The van der Waals surface area contributed by atoms with Crippen molar-refractivity contribution in [2.75, 3.05) is 0 Å². The number of amides is 1. The summed E-state index contributed by atoms with van der Waals surface area (Å²) >= 11 is 0. The number of benzene rings is 1. The molecule has 1 heterocycles. The number of nitrogens with zero attached hydrogens (tertiary/aromatic N) is 1. The van der Waals surface area contributed by atoms with Crippen LogP contribution in [0.25, 0.3) is 11.0 Å². The zero-order valence-corrected chi connectivity index (χ0v) is 7.57. The van der Waals surface area contributed by atoms with E-state index in [2.05, 4.69) is 4.98 Å². The molecule has 0 bridgehead atoms. The highest BCUT2D eigenvalue weighted by atomic mass is 16.1. The van der Waals surface area contributed by atoms with Crippen molar-refractivity contribution in [1.82, 2.24) is 9.55 Å². The number of carbonyl (C=O) groups excluding carboxylic acids is 1. The fourth-order valence-corrected chi connectivity index (χ4v) is 1.38. The largest absolute Gasteiger partial charge is 0.366 e. The van der Waals surface area contributed by atoms with Crippen LogP contribution >= 0.6 is 0 Å². The number of aryl methyl sites for hydroxylation is 1. The van der Waals surface area contributed by atoms with Crippen molar-refractivity contribution in [1.29, 1.82) is 0 Å². The van der Waals surface area contributed by atoms with E-state index in [1.165, 1.54) is 4.57 Å². The Hall–Kier alpha value is -2.04. The molecule has 0 atom stereocenters. The number of H-pyrrole nitrogens is 1. The molecule has 0 saturated heterocycles. The molecule has 0 aliphatic carbocycles. The molecule has 0 saturated carbocycles. The summed E-state index contributed by atoms with van der Waals surface area (Å²) in [5, 5.41) is 0. The summed E-state index contributed by atoms with van der Waals surface area (Å²) in [4.78, 5) is 24.7. The second-order valence-electron chi connectivity index (χ2n) is 3.09. The number of aromatic amines is 1. The summed E-state index contributed by atoms with van der Waals surface area (Å²) in [6.07, 6.45) is 0. The van der Waals surface area contributed by atoms with Crippen LogP contribution in [0.5, 0.6) is 0 Å². The van der Waals surface area contributed by atoms with Crippen molar-refractivity contribution in [2.45, 2.75) is 0 Å². The molecule has 2 rings (SSSR count). The Kier molecular flexibility index (Phi) is 1.67. The van der Waals surface area contributed by atoms with E-state index < -0.39 is 5.91 Å². The number of fused-ring (bicyclic) bond motifs is 1. The molecule has 3 N–H and O–H groups in total. The van der Waals surface area contributed by atoms with Crippen molar-refractivity contribution in [3.8, 4) is 0 Å². The number of primary amides is 1. The van der Waals surface area contributed by atoms with Gasteiger partial charge in [0.05, 0.1) is 11.0 Å². The van der Waals surface area contributed by atoms with E-state index in [1.807, 2.05) is 0 Å². The third kappa shape index (κ3) is 1.10. The molecular formula is C9H9N3O2. The van der Waals surface area contributed by atoms with Crippen LogP contribution in [0.2, 0.25) is 0 Å². The minimum absolute atomic E-state index is 0.207. The number of imidazole rings is 1. The van der Waals surface area contributed by atoms with Crippen LogP contribution in [0, 0.1) is 0 Å². The molecule has 0 unspecified atom stereocenters. The third-order valence-corrected chi connectivity index (χ3v) is 2.19. The fourth-order valence-electron chi connectivity index (χ4n) is 1.38. The van der Waals surface area contributed by atoms with Crippen molar-refractivity contribution in [3.05, 3.63) is 34.2 Å². The summed E-state index contributed by atoms with van der Waals surface area (Å²) in [5.74, 6) is -0.499. The van der Waals surface area contributed by atoms with Gasteiger partial charge in [-0.1, -0.05) is 0 Å². The van der Waals surface area contributed by atoms with Crippen molar-refractivity contribution >= 4 is 16.9 Å².